The lowest BCUT2D eigenvalue weighted by Gasteiger charge is -2.26. The fourth-order valence-electron chi connectivity index (χ4n) is 2.49. The third kappa shape index (κ3) is 4.56. The molecule has 1 aromatic carbocycles. The van der Waals surface area contributed by atoms with Gasteiger partial charge in [0.1, 0.15) is 12.1 Å². The molecule has 23 heavy (non-hydrogen) atoms. The number of anilines is 1. The molecule has 6 nitrogen and oxygen atoms in total. The van der Waals surface area contributed by atoms with E-state index in [1.165, 1.54) is 4.90 Å². The average Bonchev–Trinajstić information content (AvgIpc) is 2.98. The molecule has 1 fully saturated rings. The van der Waals surface area contributed by atoms with Gasteiger partial charge in [0.2, 0.25) is 5.91 Å². The molecule has 0 aliphatic carbocycles. The number of aliphatic carboxylic acids is 1. The van der Waals surface area contributed by atoms with Crippen LogP contribution in [0.25, 0.3) is 0 Å². The summed E-state index contributed by atoms with van der Waals surface area (Å²) in [6, 6.07) is 5.63. The highest BCUT2D eigenvalue weighted by molar-refractivity contribution is 7.80. The van der Waals surface area contributed by atoms with E-state index in [4.69, 9.17) is 28.9 Å². The second kappa shape index (κ2) is 7.61. The Labute approximate surface area is 144 Å². The minimum atomic E-state index is -0.968. The summed E-state index contributed by atoms with van der Waals surface area (Å²) in [5.74, 6) is -1.24. The number of benzene rings is 1. The number of carbonyl (C=O) groups is 2. The summed E-state index contributed by atoms with van der Waals surface area (Å²) in [6.45, 7) is 2.12. The van der Waals surface area contributed by atoms with Gasteiger partial charge in [-0.15, -0.1) is 0 Å². The normalized spacial score (nSPS) is 18.3. The first kappa shape index (κ1) is 17.5. The maximum absolute atomic E-state index is 12.4. The maximum atomic E-state index is 12.4. The number of nitrogens with one attached hydrogen (secondary N) is 2. The van der Waals surface area contributed by atoms with Gasteiger partial charge in [0, 0.05) is 17.3 Å². The molecule has 2 atom stereocenters. The van der Waals surface area contributed by atoms with Gasteiger partial charge in [-0.3, -0.25) is 4.79 Å². The molecule has 1 amide bonds. The Morgan fingerprint density at radius 2 is 2.04 bits per heavy atom. The van der Waals surface area contributed by atoms with Crippen molar-refractivity contribution in [2.24, 2.45) is 0 Å². The first-order chi connectivity index (χ1) is 10.9. The highest BCUT2D eigenvalue weighted by Crippen LogP contribution is 2.18. The molecule has 0 aromatic heterocycles. The molecule has 2 rings (SSSR count). The van der Waals surface area contributed by atoms with Crippen molar-refractivity contribution in [2.45, 2.75) is 31.8 Å². The van der Waals surface area contributed by atoms with Crippen LogP contribution in [0, 0.1) is 0 Å². The van der Waals surface area contributed by atoms with Crippen molar-refractivity contribution in [1.82, 2.24) is 10.2 Å². The van der Waals surface area contributed by atoms with E-state index in [9.17, 15) is 9.59 Å². The predicted molar refractivity (Wildman–Crippen MR) is 92.6 cm³/mol. The molecule has 0 spiro atoms. The van der Waals surface area contributed by atoms with Crippen LogP contribution in [0.5, 0.6) is 0 Å². The Bertz CT molecular complexity index is 608. The molecular weight excluding hydrogens is 338 g/mol. The van der Waals surface area contributed by atoms with Crippen molar-refractivity contribution in [3.63, 3.8) is 0 Å². The minimum absolute atomic E-state index is 0.268. The molecule has 1 aliphatic rings. The Morgan fingerprint density at radius 3 is 2.65 bits per heavy atom. The van der Waals surface area contributed by atoms with E-state index >= 15 is 0 Å². The molecule has 0 saturated carbocycles. The van der Waals surface area contributed by atoms with Gasteiger partial charge in [0.25, 0.3) is 0 Å². The van der Waals surface area contributed by atoms with Crippen molar-refractivity contribution in [2.75, 3.05) is 11.9 Å². The third-order valence-corrected chi connectivity index (χ3v) is 4.11. The first-order valence-corrected chi connectivity index (χ1v) is 8.03. The molecule has 0 bridgehead atoms. The molecule has 1 aromatic rings. The largest absolute Gasteiger partial charge is 0.480 e. The number of likely N-dealkylation sites (tertiary alicyclic amines) is 1. The molecular formula is C15H18ClN3O3S. The number of thiocarbonyl (C=S) groups is 1. The average molecular weight is 356 g/mol. The molecule has 0 unspecified atom stereocenters. The smallest absolute Gasteiger partial charge is 0.326 e. The van der Waals surface area contributed by atoms with Crippen molar-refractivity contribution >= 4 is 46.5 Å². The van der Waals surface area contributed by atoms with Gasteiger partial charge in [-0.1, -0.05) is 11.6 Å². The van der Waals surface area contributed by atoms with Crippen LogP contribution in [0.1, 0.15) is 19.8 Å². The summed E-state index contributed by atoms with van der Waals surface area (Å²) in [5, 5.41) is 15.9. The Balaban J connectivity index is 1.91. The second-order valence-corrected chi connectivity index (χ2v) is 6.20. The zero-order valence-corrected chi connectivity index (χ0v) is 14.2. The lowest BCUT2D eigenvalue weighted by atomic mass is 10.2. The second-order valence-electron chi connectivity index (χ2n) is 5.35. The highest BCUT2D eigenvalue weighted by atomic mass is 35.5. The van der Waals surface area contributed by atoms with Crippen LogP contribution in [0.3, 0.4) is 0 Å². The van der Waals surface area contributed by atoms with Crippen LogP contribution in [-0.2, 0) is 9.59 Å². The molecule has 124 valence electrons. The van der Waals surface area contributed by atoms with E-state index in [0.717, 1.165) is 5.69 Å². The SMILES string of the molecule is C[C@H](NC(=S)Nc1ccc(Cl)cc1)C(=O)N1CCC[C@H]1C(=O)O. The fourth-order valence-corrected chi connectivity index (χ4v) is 2.92. The van der Waals surface area contributed by atoms with Gasteiger partial charge in [0.15, 0.2) is 5.11 Å². The van der Waals surface area contributed by atoms with Crippen molar-refractivity contribution in [3.05, 3.63) is 29.3 Å². The Kier molecular flexibility index (Phi) is 5.79. The first-order valence-electron chi connectivity index (χ1n) is 7.25. The number of nitrogens with zero attached hydrogens (tertiary/aromatic N) is 1. The van der Waals surface area contributed by atoms with Crippen LogP contribution < -0.4 is 10.6 Å². The van der Waals surface area contributed by atoms with Crippen LogP contribution >= 0.6 is 23.8 Å². The van der Waals surface area contributed by atoms with Gasteiger partial charge >= 0.3 is 5.97 Å². The molecule has 3 N–H and O–H groups in total. The third-order valence-electron chi connectivity index (χ3n) is 3.64. The number of halogens is 1. The van der Waals surface area contributed by atoms with E-state index in [0.29, 0.717) is 29.5 Å². The minimum Gasteiger partial charge on any atom is -0.480 e. The number of hydrogen-bond acceptors (Lipinski definition) is 3. The van der Waals surface area contributed by atoms with Crippen LogP contribution in [-0.4, -0.2) is 45.6 Å². The Morgan fingerprint density at radius 1 is 1.39 bits per heavy atom. The van der Waals surface area contributed by atoms with E-state index in [-0.39, 0.29) is 5.91 Å². The summed E-state index contributed by atoms with van der Waals surface area (Å²) in [4.78, 5) is 24.9. The number of carboxylic acid groups (broad SMARTS) is 1. The molecule has 8 heteroatoms. The van der Waals surface area contributed by atoms with Crippen LogP contribution in [0.15, 0.2) is 24.3 Å². The summed E-state index contributed by atoms with van der Waals surface area (Å²) >= 11 is 11.0. The zero-order chi connectivity index (χ0) is 17.0. The predicted octanol–water partition coefficient (Wildman–Crippen LogP) is 2.09. The van der Waals surface area contributed by atoms with Crippen molar-refractivity contribution in [3.8, 4) is 0 Å². The lowest BCUT2D eigenvalue weighted by molar-refractivity contribution is -0.148. The zero-order valence-electron chi connectivity index (χ0n) is 12.6. The number of amides is 1. The van der Waals surface area contributed by atoms with Crippen LogP contribution in [0.2, 0.25) is 5.02 Å². The lowest BCUT2D eigenvalue weighted by Crippen LogP contribution is -2.51. The maximum Gasteiger partial charge on any atom is 0.326 e. The van der Waals surface area contributed by atoms with E-state index < -0.39 is 18.1 Å². The van der Waals surface area contributed by atoms with Gasteiger partial charge in [-0.25, -0.2) is 4.79 Å². The quantitative estimate of drug-likeness (QED) is 0.717. The van der Waals surface area contributed by atoms with Crippen LogP contribution in [0.4, 0.5) is 5.69 Å². The van der Waals surface area contributed by atoms with Gasteiger partial charge in [-0.2, -0.15) is 0 Å². The van der Waals surface area contributed by atoms with E-state index in [1.807, 2.05) is 0 Å². The topological polar surface area (TPSA) is 81.7 Å². The summed E-state index contributed by atoms with van der Waals surface area (Å²) < 4.78 is 0. The number of hydrogen-bond donors (Lipinski definition) is 3. The molecule has 0 radical (unpaired) electrons. The highest BCUT2D eigenvalue weighted by Gasteiger charge is 2.35. The number of rotatable bonds is 4. The van der Waals surface area contributed by atoms with Gasteiger partial charge < -0.3 is 20.6 Å². The van der Waals surface area contributed by atoms with Crippen molar-refractivity contribution in [1.29, 1.82) is 0 Å². The van der Waals surface area contributed by atoms with Crippen molar-refractivity contribution < 1.29 is 14.7 Å². The monoisotopic (exact) mass is 355 g/mol. The number of carbonyl (C=O) groups excluding carboxylic acids is 1. The molecule has 1 heterocycles. The van der Waals surface area contributed by atoms with Gasteiger partial charge in [0.05, 0.1) is 0 Å². The standard InChI is InChI=1S/C15H18ClN3O3S/c1-9(13(20)19-8-2-3-12(19)14(21)22)17-15(23)18-11-6-4-10(16)5-7-11/h4-7,9,12H,2-3,8H2,1H3,(H,21,22)(H2,17,18,23)/t9-,12-/m0/s1. The molecule has 1 saturated heterocycles. The van der Waals surface area contributed by atoms with E-state index in [1.54, 1.807) is 31.2 Å². The summed E-state index contributed by atoms with van der Waals surface area (Å²) in [5.41, 5.74) is 0.746. The van der Waals surface area contributed by atoms with E-state index in [2.05, 4.69) is 10.6 Å². The summed E-state index contributed by atoms with van der Waals surface area (Å²) in [6.07, 6.45) is 1.18. The summed E-state index contributed by atoms with van der Waals surface area (Å²) in [7, 11) is 0. The fraction of sp³-hybridized carbons (Fsp3) is 0.400. The molecule has 1 aliphatic heterocycles. The van der Waals surface area contributed by atoms with Gasteiger partial charge in [-0.05, 0) is 56.2 Å². The number of carboxylic acids is 1. The Hall–Kier alpha value is -1.86.